The second-order valence-electron chi connectivity index (χ2n) is 3.84. The average molecular weight is 261 g/mol. The van der Waals surface area contributed by atoms with Gasteiger partial charge in [-0.15, -0.1) is 0 Å². The summed E-state index contributed by atoms with van der Waals surface area (Å²) in [5, 5.41) is 0. The fourth-order valence-electron chi connectivity index (χ4n) is 1.68. The summed E-state index contributed by atoms with van der Waals surface area (Å²) in [6.45, 7) is 1.94. The van der Waals surface area contributed by atoms with Crippen molar-refractivity contribution >= 4 is 17.7 Å². The molecule has 2 heterocycles. The number of thioether (sulfide) groups is 1. The number of amides is 1. The first-order valence-electron chi connectivity index (χ1n) is 5.83. The van der Waals surface area contributed by atoms with Crippen molar-refractivity contribution in [3.63, 3.8) is 0 Å². The first kappa shape index (κ1) is 12.9. The van der Waals surface area contributed by atoms with Gasteiger partial charge in [0.25, 0.3) is 5.91 Å². The fraction of sp³-hybridized carbons (Fsp3) is 0.385. The predicted molar refractivity (Wildman–Crippen MR) is 73.4 cm³/mol. The highest BCUT2D eigenvalue weighted by Gasteiger charge is 2.18. The molecule has 0 aliphatic carbocycles. The van der Waals surface area contributed by atoms with Gasteiger partial charge in [-0.2, -0.15) is 11.8 Å². The van der Waals surface area contributed by atoms with Crippen molar-refractivity contribution in [3.05, 3.63) is 29.6 Å². The SMILES string of the molecule is NCC#Cc1ccc(C(=O)N2CCSCC2)nc1. The number of nitrogens with zero attached hydrogens (tertiary/aromatic N) is 2. The number of nitrogens with two attached hydrogens (primary N) is 1. The van der Waals surface area contributed by atoms with Gasteiger partial charge < -0.3 is 10.6 Å². The van der Waals surface area contributed by atoms with Gasteiger partial charge in [0.15, 0.2) is 0 Å². The summed E-state index contributed by atoms with van der Waals surface area (Å²) in [6, 6.07) is 3.53. The minimum Gasteiger partial charge on any atom is -0.336 e. The van der Waals surface area contributed by atoms with Crippen molar-refractivity contribution in [3.8, 4) is 11.8 Å². The van der Waals surface area contributed by atoms with Gasteiger partial charge in [0.1, 0.15) is 5.69 Å². The zero-order valence-electron chi connectivity index (χ0n) is 10.1. The van der Waals surface area contributed by atoms with Crippen LogP contribution in [0.15, 0.2) is 18.3 Å². The molecule has 1 aromatic heterocycles. The Labute approximate surface area is 111 Å². The maximum absolute atomic E-state index is 12.1. The maximum Gasteiger partial charge on any atom is 0.272 e. The van der Waals surface area contributed by atoms with E-state index < -0.39 is 0 Å². The van der Waals surface area contributed by atoms with Crippen LogP contribution in [0.1, 0.15) is 16.1 Å². The highest BCUT2D eigenvalue weighted by molar-refractivity contribution is 7.99. The van der Waals surface area contributed by atoms with Gasteiger partial charge in [0.2, 0.25) is 0 Å². The van der Waals surface area contributed by atoms with E-state index in [2.05, 4.69) is 16.8 Å². The Bertz CT molecular complexity index is 469. The van der Waals surface area contributed by atoms with Gasteiger partial charge in [0, 0.05) is 36.4 Å². The molecule has 0 radical (unpaired) electrons. The number of hydrogen-bond donors (Lipinski definition) is 1. The third-order valence-corrected chi connectivity index (χ3v) is 3.56. The van der Waals surface area contributed by atoms with Gasteiger partial charge in [0.05, 0.1) is 6.54 Å². The Morgan fingerprint density at radius 1 is 1.44 bits per heavy atom. The molecule has 1 fully saturated rings. The number of carbonyl (C=O) groups is 1. The lowest BCUT2D eigenvalue weighted by atomic mass is 10.2. The molecular formula is C13H15N3OS. The quantitative estimate of drug-likeness (QED) is 0.751. The summed E-state index contributed by atoms with van der Waals surface area (Å²) in [5.41, 5.74) is 6.57. The largest absolute Gasteiger partial charge is 0.336 e. The van der Waals surface area contributed by atoms with E-state index in [1.54, 1.807) is 12.3 Å². The first-order valence-corrected chi connectivity index (χ1v) is 6.99. The molecular weight excluding hydrogens is 246 g/mol. The molecule has 0 atom stereocenters. The second kappa shape index (κ2) is 6.43. The van der Waals surface area contributed by atoms with Crippen LogP contribution in [-0.2, 0) is 0 Å². The lowest BCUT2D eigenvalue weighted by Gasteiger charge is -2.25. The van der Waals surface area contributed by atoms with Crippen LogP contribution < -0.4 is 5.73 Å². The third-order valence-electron chi connectivity index (χ3n) is 2.62. The van der Waals surface area contributed by atoms with Crippen LogP contribution in [-0.4, -0.2) is 46.9 Å². The summed E-state index contributed by atoms with van der Waals surface area (Å²) in [7, 11) is 0. The monoisotopic (exact) mass is 261 g/mol. The Balaban J connectivity index is 2.06. The normalized spacial score (nSPS) is 14.8. The van der Waals surface area contributed by atoms with E-state index in [0.29, 0.717) is 12.2 Å². The molecule has 94 valence electrons. The van der Waals surface area contributed by atoms with E-state index in [0.717, 1.165) is 30.2 Å². The Morgan fingerprint density at radius 2 is 2.22 bits per heavy atom. The van der Waals surface area contributed by atoms with Crippen LogP contribution in [0.25, 0.3) is 0 Å². The van der Waals surface area contributed by atoms with Crippen molar-refractivity contribution in [1.29, 1.82) is 0 Å². The van der Waals surface area contributed by atoms with Crippen molar-refractivity contribution in [1.82, 2.24) is 9.88 Å². The molecule has 1 aromatic rings. The van der Waals surface area contributed by atoms with Gasteiger partial charge in [-0.1, -0.05) is 11.8 Å². The molecule has 0 unspecified atom stereocenters. The number of rotatable bonds is 1. The highest BCUT2D eigenvalue weighted by atomic mass is 32.2. The zero-order valence-corrected chi connectivity index (χ0v) is 10.9. The van der Waals surface area contributed by atoms with E-state index in [1.807, 2.05) is 22.7 Å². The lowest BCUT2D eigenvalue weighted by Crippen LogP contribution is -2.38. The zero-order chi connectivity index (χ0) is 12.8. The van der Waals surface area contributed by atoms with E-state index in [-0.39, 0.29) is 5.91 Å². The molecule has 2 rings (SSSR count). The molecule has 0 bridgehead atoms. The molecule has 1 amide bonds. The summed E-state index contributed by atoms with van der Waals surface area (Å²) in [4.78, 5) is 18.1. The minimum atomic E-state index is 0.00799. The number of carbonyl (C=O) groups excluding carboxylic acids is 1. The molecule has 0 spiro atoms. The summed E-state index contributed by atoms with van der Waals surface area (Å²) in [5.74, 6) is 7.66. The van der Waals surface area contributed by atoms with Gasteiger partial charge in [-0.3, -0.25) is 4.79 Å². The summed E-state index contributed by atoms with van der Waals surface area (Å²) in [6.07, 6.45) is 1.62. The molecule has 0 saturated carbocycles. The Hall–Kier alpha value is -1.51. The maximum atomic E-state index is 12.1. The minimum absolute atomic E-state index is 0.00799. The van der Waals surface area contributed by atoms with Gasteiger partial charge >= 0.3 is 0 Å². The van der Waals surface area contributed by atoms with Crippen molar-refractivity contribution in [2.45, 2.75) is 0 Å². The molecule has 1 aliphatic heterocycles. The summed E-state index contributed by atoms with van der Waals surface area (Å²) >= 11 is 1.88. The molecule has 0 aromatic carbocycles. The molecule has 1 aliphatic rings. The standard InChI is InChI=1S/C13H15N3OS/c14-5-1-2-11-3-4-12(15-10-11)13(17)16-6-8-18-9-7-16/h3-4,10H,5-9,14H2. The van der Waals surface area contributed by atoms with Gasteiger partial charge in [-0.05, 0) is 12.1 Å². The molecule has 18 heavy (non-hydrogen) atoms. The topological polar surface area (TPSA) is 59.2 Å². The van der Waals surface area contributed by atoms with Crippen molar-refractivity contribution in [2.75, 3.05) is 31.1 Å². The molecule has 5 heteroatoms. The number of hydrogen-bond acceptors (Lipinski definition) is 4. The third kappa shape index (κ3) is 3.25. The predicted octanol–water partition coefficient (Wildman–Crippen LogP) is 0.581. The first-order chi connectivity index (χ1) is 8.81. The number of aromatic nitrogens is 1. The van der Waals surface area contributed by atoms with Crippen molar-refractivity contribution < 1.29 is 4.79 Å². The van der Waals surface area contributed by atoms with E-state index in [4.69, 9.17) is 5.73 Å². The van der Waals surface area contributed by atoms with Crippen LogP contribution >= 0.6 is 11.8 Å². The van der Waals surface area contributed by atoms with Crippen LogP contribution in [0.5, 0.6) is 0 Å². The van der Waals surface area contributed by atoms with E-state index >= 15 is 0 Å². The van der Waals surface area contributed by atoms with Crippen LogP contribution in [0, 0.1) is 11.8 Å². The lowest BCUT2D eigenvalue weighted by molar-refractivity contribution is 0.0766. The molecule has 2 N–H and O–H groups in total. The number of pyridine rings is 1. The van der Waals surface area contributed by atoms with Crippen LogP contribution in [0.2, 0.25) is 0 Å². The highest BCUT2D eigenvalue weighted by Crippen LogP contribution is 2.12. The van der Waals surface area contributed by atoms with Crippen LogP contribution in [0.4, 0.5) is 0 Å². The molecule has 4 nitrogen and oxygen atoms in total. The van der Waals surface area contributed by atoms with E-state index in [1.165, 1.54) is 0 Å². The smallest absolute Gasteiger partial charge is 0.272 e. The van der Waals surface area contributed by atoms with Crippen molar-refractivity contribution in [2.24, 2.45) is 5.73 Å². The summed E-state index contributed by atoms with van der Waals surface area (Å²) < 4.78 is 0. The van der Waals surface area contributed by atoms with E-state index in [9.17, 15) is 4.79 Å². The Morgan fingerprint density at radius 3 is 2.83 bits per heavy atom. The second-order valence-corrected chi connectivity index (χ2v) is 5.07. The average Bonchev–Trinajstić information content (AvgIpc) is 2.46. The Kier molecular flexibility index (Phi) is 4.62. The molecule has 1 saturated heterocycles. The fourth-order valence-corrected chi connectivity index (χ4v) is 2.58. The van der Waals surface area contributed by atoms with Gasteiger partial charge in [-0.25, -0.2) is 4.98 Å². The van der Waals surface area contributed by atoms with Crippen LogP contribution in [0.3, 0.4) is 0 Å².